The number of carbonyl (C=O) groups is 1. The molecule has 1 aliphatic rings. The number of fused-ring (bicyclic) bond motifs is 1. The van der Waals surface area contributed by atoms with Gasteiger partial charge in [-0.3, -0.25) is 4.79 Å². The molecule has 4 heteroatoms. The number of aromatic amines is 1. The number of rotatable bonds is 3. The molecule has 0 amide bonds. The third kappa shape index (κ3) is 2.15. The van der Waals surface area contributed by atoms with Crippen LogP contribution in [0.2, 0.25) is 5.02 Å². The molecule has 1 fully saturated rings. The molecule has 1 saturated heterocycles. The van der Waals surface area contributed by atoms with Crippen molar-refractivity contribution in [3.05, 3.63) is 70.9 Å². The normalized spacial score (nSPS) is 20.6. The van der Waals surface area contributed by atoms with Crippen molar-refractivity contribution in [1.29, 1.82) is 0 Å². The van der Waals surface area contributed by atoms with E-state index >= 15 is 0 Å². The van der Waals surface area contributed by atoms with E-state index in [0.29, 0.717) is 10.6 Å². The minimum atomic E-state index is -0.398. The maximum Gasteiger partial charge on any atom is 0.196 e. The van der Waals surface area contributed by atoms with Crippen LogP contribution in [0.25, 0.3) is 10.9 Å². The van der Waals surface area contributed by atoms with E-state index in [2.05, 4.69) is 4.98 Å². The number of nitrogens with one attached hydrogen (secondary N) is 1. The summed E-state index contributed by atoms with van der Waals surface area (Å²) in [4.78, 5) is 15.7. The van der Waals surface area contributed by atoms with Crippen molar-refractivity contribution in [2.24, 2.45) is 0 Å². The summed E-state index contributed by atoms with van der Waals surface area (Å²) in [6.07, 6.45) is 1.20. The maximum absolute atomic E-state index is 12.6. The summed E-state index contributed by atoms with van der Waals surface area (Å²) in [5.74, 6) is 0.0207. The second-order valence-corrected chi connectivity index (χ2v) is 5.58. The average molecular weight is 298 g/mol. The van der Waals surface area contributed by atoms with Crippen molar-refractivity contribution in [3.63, 3.8) is 0 Å². The van der Waals surface area contributed by atoms with Crippen LogP contribution in [0.15, 0.2) is 54.7 Å². The van der Waals surface area contributed by atoms with Gasteiger partial charge in [0.05, 0.1) is 0 Å². The molecular weight excluding hydrogens is 286 g/mol. The Labute approximate surface area is 126 Å². The molecule has 21 heavy (non-hydrogen) atoms. The molecule has 0 radical (unpaired) electrons. The van der Waals surface area contributed by atoms with Gasteiger partial charge in [0, 0.05) is 27.7 Å². The van der Waals surface area contributed by atoms with E-state index in [-0.39, 0.29) is 11.9 Å². The predicted octanol–water partition coefficient (Wildman–Crippen LogP) is 4.14. The lowest BCUT2D eigenvalue weighted by atomic mass is 10.0. The highest BCUT2D eigenvalue weighted by Gasteiger charge is 2.46. The van der Waals surface area contributed by atoms with Crippen LogP contribution in [0.3, 0.4) is 0 Å². The van der Waals surface area contributed by atoms with Gasteiger partial charge < -0.3 is 9.72 Å². The minimum Gasteiger partial charge on any atom is -0.360 e. The lowest BCUT2D eigenvalue weighted by Gasteiger charge is -1.97. The third-order valence-electron chi connectivity index (χ3n) is 3.80. The standard InChI is InChI=1S/C17H12ClNO2/c18-11-7-5-10(6-8-11)16-17(21-16)15(20)13-9-19-14-4-2-1-3-12(13)14/h1-9,16-17,19H/t16-,17+/m0/s1. The number of halogens is 1. The van der Waals surface area contributed by atoms with Crippen LogP contribution in [0.1, 0.15) is 22.0 Å². The van der Waals surface area contributed by atoms with Gasteiger partial charge in [0.15, 0.2) is 11.9 Å². The van der Waals surface area contributed by atoms with Crippen LogP contribution in [0.5, 0.6) is 0 Å². The quantitative estimate of drug-likeness (QED) is 0.583. The molecule has 3 nitrogen and oxygen atoms in total. The Balaban J connectivity index is 1.61. The summed E-state index contributed by atoms with van der Waals surface area (Å²) in [6, 6.07) is 15.2. The van der Waals surface area contributed by atoms with Gasteiger partial charge in [-0.05, 0) is 23.8 Å². The maximum atomic E-state index is 12.6. The van der Waals surface area contributed by atoms with Crippen molar-refractivity contribution in [2.45, 2.75) is 12.2 Å². The number of ketones is 1. The molecule has 0 unspecified atom stereocenters. The highest BCUT2D eigenvalue weighted by atomic mass is 35.5. The van der Waals surface area contributed by atoms with Gasteiger partial charge in [0.2, 0.25) is 0 Å². The number of para-hydroxylation sites is 1. The largest absolute Gasteiger partial charge is 0.360 e. The fraction of sp³-hybridized carbons (Fsp3) is 0.118. The van der Waals surface area contributed by atoms with Gasteiger partial charge in [-0.25, -0.2) is 0 Å². The second kappa shape index (κ2) is 4.72. The first-order valence-corrected chi connectivity index (χ1v) is 7.13. The van der Waals surface area contributed by atoms with Gasteiger partial charge in [0.25, 0.3) is 0 Å². The molecule has 0 bridgehead atoms. The first-order chi connectivity index (χ1) is 10.2. The summed E-state index contributed by atoms with van der Waals surface area (Å²) in [5.41, 5.74) is 2.63. The Hall–Kier alpha value is -2.10. The Bertz CT molecular complexity index is 822. The molecule has 104 valence electrons. The summed E-state index contributed by atoms with van der Waals surface area (Å²) in [6.45, 7) is 0. The van der Waals surface area contributed by atoms with E-state index < -0.39 is 6.10 Å². The summed E-state index contributed by atoms with van der Waals surface area (Å²) in [5, 5.41) is 1.62. The van der Waals surface area contributed by atoms with Gasteiger partial charge in [0.1, 0.15) is 6.10 Å². The molecule has 3 aromatic rings. The Morgan fingerprint density at radius 2 is 1.86 bits per heavy atom. The summed E-state index contributed by atoms with van der Waals surface area (Å²) >= 11 is 5.87. The fourth-order valence-electron chi connectivity index (χ4n) is 2.65. The Morgan fingerprint density at radius 3 is 2.67 bits per heavy atom. The molecular formula is C17H12ClNO2. The number of benzene rings is 2. The van der Waals surface area contributed by atoms with Crippen molar-refractivity contribution in [2.75, 3.05) is 0 Å². The van der Waals surface area contributed by atoms with Crippen LogP contribution < -0.4 is 0 Å². The first kappa shape index (κ1) is 12.6. The van der Waals surface area contributed by atoms with E-state index in [1.54, 1.807) is 6.20 Å². The third-order valence-corrected chi connectivity index (χ3v) is 4.06. The van der Waals surface area contributed by atoms with Gasteiger partial charge in [-0.15, -0.1) is 0 Å². The number of epoxide rings is 1. The lowest BCUT2D eigenvalue weighted by molar-refractivity contribution is 0.0955. The van der Waals surface area contributed by atoms with E-state index in [0.717, 1.165) is 16.5 Å². The Kier molecular flexibility index (Phi) is 2.84. The molecule has 1 aromatic heterocycles. The molecule has 2 aromatic carbocycles. The predicted molar refractivity (Wildman–Crippen MR) is 81.7 cm³/mol. The molecule has 2 heterocycles. The van der Waals surface area contributed by atoms with Crippen molar-refractivity contribution in [1.82, 2.24) is 4.98 Å². The zero-order valence-corrected chi connectivity index (χ0v) is 11.8. The molecule has 1 N–H and O–H groups in total. The molecule has 0 spiro atoms. The molecule has 0 saturated carbocycles. The van der Waals surface area contributed by atoms with E-state index in [9.17, 15) is 4.79 Å². The molecule has 2 atom stereocenters. The average Bonchev–Trinajstić information content (AvgIpc) is 3.19. The topological polar surface area (TPSA) is 45.4 Å². The van der Waals surface area contributed by atoms with Crippen LogP contribution in [0.4, 0.5) is 0 Å². The number of Topliss-reactive ketones (excluding diaryl/α,β-unsaturated/α-hetero) is 1. The van der Waals surface area contributed by atoms with Crippen LogP contribution in [-0.2, 0) is 4.74 Å². The van der Waals surface area contributed by atoms with E-state index in [1.807, 2.05) is 48.5 Å². The lowest BCUT2D eigenvalue weighted by Crippen LogP contribution is -2.07. The van der Waals surface area contributed by atoms with Crippen LogP contribution >= 0.6 is 11.6 Å². The molecule has 0 aliphatic carbocycles. The highest BCUT2D eigenvalue weighted by molar-refractivity contribution is 6.30. The minimum absolute atomic E-state index is 0.0207. The number of hydrogen-bond donors (Lipinski definition) is 1. The number of aromatic nitrogens is 1. The smallest absolute Gasteiger partial charge is 0.196 e. The van der Waals surface area contributed by atoms with Gasteiger partial charge >= 0.3 is 0 Å². The zero-order chi connectivity index (χ0) is 14.4. The number of ether oxygens (including phenoxy) is 1. The number of hydrogen-bond acceptors (Lipinski definition) is 2. The van der Waals surface area contributed by atoms with E-state index in [1.165, 1.54) is 0 Å². The van der Waals surface area contributed by atoms with E-state index in [4.69, 9.17) is 16.3 Å². The Morgan fingerprint density at radius 1 is 1.10 bits per heavy atom. The monoisotopic (exact) mass is 297 g/mol. The van der Waals surface area contributed by atoms with Crippen molar-refractivity contribution in [3.8, 4) is 0 Å². The van der Waals surface area contributed by atoms with Crippen molar-refractivity contribution >= 4 is 28.3 Å². The zero-order valence-electron chi connectivity index (χ0n) is 11.0. The fourth-order valence-corrected chi connectivity index (χ4v) is 2.77. The highest BCUT2D eigenvalue weighted by Crippen LogP contribution is 2.41. The molecule has 1 aliphatic heterocycles. The summed E-state index contributed by atoms with van der Waals surface area (Å²) < 4.78 is 5.57. The molecule has 4 rings (SSSR count). The van der Waals surface area contributed by atoms with Crippen LogP contribution in [0, 0.1) is 0 Å². The summed E-state index contributed by atoms with van der Waals surface area (Å²) in [7, 11) is 0. The van der Waals surface area contributed by atoms with Gasteiger partial charge in [-0.2, -0.15) is 0 Å². The van der Waals surface area contributed by atoms with Gasteiger partial charge in [-0.1, -0.05) is 41.9 Å². The number of H-pyrrole nitrogens is 1. The van der Waals surface area contributed by atoms with Crippen LogP contribution in [-0.4, -0.2) is 16.9 Å². The second-order valence-electron chi connectivity index (χ2n) is 5.14. The van der Waals surface area contributed by atoms with Crippen molar-refractivity contribution < 1.29 is 9.53 Å². The number of carbonyl (C=O) groups excluding carboxylic acids is 1. The first-order valence-electron chi connectivity index (χ1n) is 6.75. The SMILES string of the molecule is O=C(c1c[nH]c2ccccc12)[C@H]1O[C@H]1c1ccc(Cl)cc1.